The van der Waals surface area contributed by atoms with E-state index in [9.17, 15) is 4.79 Å². The number of carbonyl (C=O) groups is 1. The van der Waals surface area contributed by atoms with Crippen LogP contribution in [0.5, 0.6) is 11.5 Å². The molecule has 0 atom stereocenters. The fraction of sp³-hybridized carbons (Fsp3) is 0.400. The highest BCUT2D eigenvalue weighted by Crippen LogP contribution is 2.18. The summed E-state index contributed by atoms with van der Waals surface area (Å²) in [6.45, 7) is 2.48. The average molecular weight is 321 g/mol. The van der Waals surface area contributed by atoms with Gasteiger partial charge >= 0.3 is 0 Å². The van der Waals surface area contributed by atoms with Gasteiger partial charge in [0.05, 0.1) is 13.7 Å². The number of nitrogens with one attached hydrogen (secondary N) is 1. The molecule has 0 saturated heterocycles. The van der Waals surface area contributed by atoms with Crippen LogP contribution in [0, 0.1) is 0 Å². The van der Waals surface area contributed by atoms with Gasteiger partial charge in [0, 0.05) is 6.42 Å². The van der Waals surface area contributed by atoms with E-state index in [1.54, 1.807) is 7.11 Å². The standard InChI is InChI=1S/C15H19N3O3S/c1-3-14-17-18-15(22-14)16-13(19)5-4-10-21-12-8-6-11(20-2)7-9-12/h6-9H,3-5,10H2,1-2H3,(H,16,18,19). The number of anilines is 1. The maximum atomic E-state index is 11.8. The Bertz CT molecular complexity index is 598. The molecule has 7 heteroatoms. The van der Waals surface area contributed by atoms with E-state index in [0.717, 1.165) is 22.9 Å². The number of hydrogen-bond acceptors (Lipinski definition) is 6. The van der Waals surface area contributed by atoms with E-state index >= 15 is 0 Å². The van der Waals surface area contributed by atoms with Crippen LogP contribution in [0.1, 0.15) is 24.8 Å². The van der Waals surface area contributed by atoms with Crippen LogP contribution in [0.25, 0.3) is 0 Å². The van der Waals surface area contributed by atoms with Crippen molar-refractivity contribution in [1.82, 2.24) is 10.2 Å². The third-order valence-corrected chi connectivity index (χ3v) is 3.88. The van der Waals surface area contributed by atoms with Crippen molar-refractivity contribution < 1.29 is 14.3 Å². The van der Waals surface area contributed by atoms with Gasteiger partial charge in [-0.2, -0.15) is 0 Å². The predicted molar refractivity (Wildman–Crippen MR) is 85.6 cm³/mol. The van der Waals surface area contributed by atoms with Crippen LogP contribution in [0.3, 0.4) is 0 Å². The summed E-state index contributed by atoms with van der Waals surface area (Å²) in [5.74, 6) is 1.48. The minimum Gasteiger partial charge on any atom is -0.497 e. The first-order valence-electron chi connectivity index (χ1n) is 7.10. The Balaban J connectivity index is 1.66. The summed E-state index contributed by atoms with van der Waals surface area (Å²) in [5.41, 5.74) is 0. The number of carbonyl (C=O) groups excluding carboxylic acids is 1. The number of aromatic nitrogens is 2. The van der Waals surface area contributed by atoms with E-state index in [2.05, 4.69) is 15.5 Å². The van der Waals surface area contributed by atoms with Gasteiger partial charge in [0.25, 0.3) is 0 Å². The third kappa shape index (κ3) is 5.00. The average Bonchev–Trinajstić information content (AvgIpc) is 2.99. The highest BCUT2D eigenvalue weighted by Gasteiger charge is 2.07. The van der Waals surface area contributed by atoms with Crippen molar-refractivity contribution in [3.05, 3.63) is 29.3 Å². The Kier molecular flexibility index (Phi) is 6.14. The lowest BCUT2D eigenvalue weighted by atomic mass is 10.3. The molecule has 6 nitrogen and oxygen atoms in total. The van der Waals surface area contributed by atoms with E-state index < -0.39 is 0 Å². The second-order valence-electron chi connectivity index (χ2n) is 4.53. The molecule has 2 aromatic rings. The Morgan fingerprint density at radius 3 is 2.59 bits per heavy atom. The predicted octanol–water partition coefficient (Wildman–Crippen LogP) is 2.91. The molecule has 1 aromatic carbocycles. The first-order valence-corrected chi connectivity index (χ1v) is 7.92. The normalized spacial score (nSPS) is 10.3. The van der Waals surface area contributed by atoms with Crippen LogP contribution in [0.4, 0.5) is 5.13 Å². The van der Waals surface area contributed by atoms with Gasteiger partial charge in [0.15, 0.2) is 0 Å². The van der Waals surface area contributed by atoms with Crippen LogP contribution >= 0.6 is 11.3 Å². The number of ether oxygens (including phenoxy) is 2. The highest BCUT2D eigenvalue weighted by atomic mass is 32.1. The fourth-order valence-corrected chi connectivity index (χ4v) is 2.42. The van der Waals surface area contributed by atoms with E-state index in [1.807, 2.05) is 31.2 Å². The van der Waals surface area contributed by atoms with Gasteiger partial charge in [-0.25, -0.2) is 0 Å². The zero-order valence-electron chi connectivity index (χ0n) is 12.7. The Morgan fingerprint density at radius 1 is 1.23 bits per heavy atom. The number of hydrogen-bond donors (Lipinski definition) is 1. The minimum absolute atomic E-state index is 0.0721. The lowest BCUT2D eigenvalue weighted by molar-refractivity contribution is -0.116. The summed E-state index contributed by atoms with van der Waals surface area (Å²) in [5, 5.41) is 12.1. The SMILES string of the molecule is CCc1nnc(NC(=O)CCCOc2ccc(OC)cc2)s1. The highest BCUT2D eigenvalue weighted by molar-refractivity contribution is 7.15. The molecule has 0 spiro atoms. The number of nitrogens with zero attached hydrogens (tertiary/aromatic N) is 2. The maximum absolute atomic E-state index is 11.8. The topological polar surface area (TPSA) is 73.3 Å². The number of methoxy groups -OCH3 is 1. The second kappa shape index (κ2) is 8.33. The molecule has 118 valence electrons. The molecular formula is C15H19N3O3S. The van der Waals surface area contributed by atoms with Crippen molar-refractivity contribution in [3.63, 3.8) is 0 Å². The van der Waals surface area contributed by atoms with Gasteiger partial charge < -0.3 is 14.8 Å². The van der Waals surface area contributed by atoms with Gasteiger partial charge in [0.1, 0.15) is 16.5 Å². The fourth-order valence-electron chi connectivity index (χ4n) is 1.72. The number of benzene rings is 1. The zero-order chi connectivity index (χ0) is 15.8. The van der Waals surface area contributed by atoms with E-state index in [4.69, 9.17) is 9.47 Å². The smallest absolute Gasteiger partial charge is 0.226 e. The number of aryl methyl sites for hydroxylation is 1. The first-order chi connectivity index (χ1) is 10.7. The molecular weight excluding hydrogens is 302 g/mol. The first kappa shape index (κ1) is 16.2. The van der Waals surface area contributed by atoms with Gasteiger partial charge in [-0.05, 0) is 37.1 Å². The van der Waals surface area contributed by atoms with Crippen molar-refractivity contribution in [3.8, 4) is 11.5 Å². The third-order valence-electron chi connectivity index (χ3n) is 2.89. The van der Waals surface area contributed by atoms with Gasteiger partial charge in [-0.1, -0.05) is 18.3 Å². The minimum atomic E-state index is -0.0721. The van der Waals surface area contributed by atoms with Crippen LogP contribution in [0.15, 0.2) is 24.3 Å². The maximum Gasteiger partial charge on any atom is 0.226 e. The molecule has 1 aromatic heterocycles. The van der Waals surface area contributed by atoms with Crippen molar-refractivity contribution in [1.29, 1.82) is 0 Å². The molecule has 1 N–H and O–H groups in total. The monoisotopic (exact) mass is 321 g/mol. The van der Waals surface area contributed by atoms with E-state index in [0.29, 0.717) is 24.6 Å². The molecule has 0 saturated carbocycles. The molecule has 0 unspecified atom stereocenters. The molecule has 1 amide bonds. The molecule has 0 bridgehead atoms. The molecule has 2 rings (SSSR count). The molecule has 22 heavy (non-hydrogen) atoms. The van der Waals surface area contributed by atoms with Crippen LogP contribution in [0.2, 0.25) is 0 Å². The largest absolute Gasteiger partial charge is 0.497 e. The zero-order valence-corrected chi connectivity index (χ0v) is 13.5. The van der Waals surface area contributed by atoms with Crippen molar-refractivity contribution >= 4 is 22.4 Å². The molecule has 0 aliphatic rings. The molecule has 1 heterocycles. The molecule has 0 aliphatic carbocycles. The summed E-state index contributed by atoms with van der Waals surface area (Å²) >= 11 is 1.40. The summed E-state index contributed by atoms with van der Waals surface area (Å²) in [6.07, 6.45) is 1.84. The Labute approximate surface area is 133 Å². The summed E-state index contributed by atoms with van der Waals surface area (Å²) in [4.78, 5) is 11.8. The second-order valence-corrected chi connectivity index (χ2v) is 5.59. The lowest BCUT2D eigenvalue weighted by Gasteiger charge is -2.06. The van der Waals surface area contributed by atoms with Crippen molar-refractivity contribution in [2.75, 3.05) is 19.0 Å². The summed E-state index contributed by atoms with van der Waals surface area (Å²) in [7, 11) is 1.62. The Hall–Kier alpha value is -2.15. The number of amides is 1. The van der Waals surface area contributed by atoms with Crippen LogP contribution < -0.4 is 14.8 Å². The van der Waals surface area contributed by atoms with Gasteiger partial charge in [-0.15, -0.1) is 10.2 Å². The Morgan fingerprint density at radius 2 is 1.95 bits per heavy atom. The quantitative estimate of drug-likeness (QED) is 0.757. The van der Waals surface area contributed by atoms with E-state index in [-0.39, 0.29) is 5.91 Å². The van der Waals surface area contributed by atoms with Crippen molar-refractivity contribution in [2.24, 2.45) is 0 Å². The van der Waals surface area contributed by atoms with Crippen LogP contribution in [-0.2, 0) is 11.2 Å². The summed E-state index contributed by atoms with van der Waals surface area (Å²) in [6, 6.07) is 7.35. The lowest BCUT2D eigenvalue weighted by Crippen LogP contribution is -2.12. The van der Waals surface area contributed by atoms with E-state index in [1.165, 1.54) is 11.3 Å². The number of rotatable bonds is 8. The van der Waals surface area contributed by atoms with Crippen LogP contribution in [-0.4, -0.2) is 29.8 Å². The molecule has 0 radical (unpaired) electrons. The molecule has 0 fully saturated rings. The van der Waals surface area contributed by atoms with Gasteiger partial charge in [-0.3, -0.25) is 4.79 Å². The van der Waals surface area contributed by atoms with Gasteiger partial charge in [0.2, 0.25) is 11.0 Å². The summed E-state index contributed by atoms with van der Waals surface area (Å²) < 4.78 is 10.6. The van der Waals surface area contributed by atoms with Crippen molar-refractivity contribution in [2.45, 2.75) is 26.2 Å². The molecule has 0 aliphatic heterocycles.